The minimum atomic E-state index is -3.91. The molecule has 2 aromatic heterocycles. The second-order valence-electron chi connectivity index (χ2n) is 9.98. The van der Waals surface area contributed by atoms with E-state index < -0.39 is 39.3 Å². The zero-order valence-electron chi connectivity index (χ0n) is 21.6. The molecule has 3 aromatic rings. The number of hydrogen-bond donors (Lipinski definition) is 0. The summed E-state index contributed by atoms with van der Waals surface area (Å²) in [6, 6.07) is 9.57. The topological polar surface area (TPSA) is 119 Å². The fraction of sp³-hybridized carbons (Fsp3) is 0.440. The first-order chi connectivity index (χ1) is 18.3. The van der Waals surface area contributed by atoms with Crippen LogP contribution in [0.25, 0.3) is 11.5 Å². The molecule has 0 radical (unpaired) electrons. The molecule has 0 N–H and O–H groups in total. The van der Waals surface area contributed by atoms with Gasteiger partial charge in [-0.25, -0.2) is 13.2 Å². The number of piperidine rings is 1. The van der Waals surface area contributed by atoms with Crippen molar-refractivity contribution in [1.82, 2.24) is 20.1 Å². The Bertz CT molecular complexity index is 1400. The van der Waals surface area contributed by atoms with E-state index in [1.807, 2.05) is 0 Å². The minimum absolute atomic E-state index is 0.110. The van der Waals surface area contributed by atoms with Gasteiger partial charge in [0.05, 0.1) is 28.7 Å². The van der Waals surface area contributed by atoms with Gasteiger partial charge in [-0.2, -0.15) is 8.78 Å². The van der Waals surface area contributed by atoms with Gasteiger partial charge in [-0.3, -0.25) is 9.29 Å². The largest absolute Gasteiger partial charge is 0.444 e. The molecule has 0 unspecified atom stereocenters. The van der Waals surface area contributed by atoms with Gasteiger partial charge in [0.15, 0.2) is 0 Å². The second-order valence-corrected chi connectivity index (χ2v) is 12.6. The molecule has 39 heavy (non-hydrogen) atoms. The highest BCUT2D eigenvalue weighted by atomic mass is 35.5. The molecular weight excluding hydrogens is 556 g/mol. The van der Waals surface area contributed by atoms with Gasteiger partial charge in [0, 0.05) is 24.3 Å². The molecule has 0 aliphatic carbocycles. The SMILES string of the molecule is CC(C)(C)OC(=O)N1CCC(S(=O)(=O)N(Cc2ccc(-c3nnc(C(F)F)o3)cn2)c2cccc(Cl)c2)CC1. The summed E-state index contributed by atoms with van der Waals surface area (Å²) in [5.41, 5.74) is 0.411. The average Bonchev–Trinajstić information content (AvgIpc) is 3.37. The van der Waals surface area contributed by atoms with Gasteiger partial charge >= 0.3 is 12.5 Å². The maximum atomic E-state index is 13.9. The van der Waals surface area contributed by atoms with E-state index in [9.17, 15) is 22.0 Å². The number of pyridine rings is 1. The van der Waals surface area contributed by atoms with E-state index in [4.69, 9.17) is 20.8 Å². The lowest BCUT2D eigenvalue weighted by Crippen LogP contribution is -2.48. The highest BCUT2D eigenvalue weighted by Crippen LogP contribution is 2.30. The quantitative estimate of drug-likeness (QED) is 0.360. The van der Waals surface area contributed by atoms with Crippen molar-refractivity contribution in [3.05, 3.63) is 59.2 Å². The summed E-state index contributed by atoms with van der Waals surface area (Å²) in [6.07, 6.45) is -1.56. The van der Waals surface area contributed by atoms with Crippen molar-refractivity contribution < 1.29 is 31.1 Å². The molecule has 0 saturated carbocycles. The number of hydrogen-bond acceptors (Lipinski definition) is 8. The summed E-state index contributed by atoms with van der Waals surface area (Å²) in [5, 5.41) is 6.51. The summed E-state index contributed by atoms with van der Waals surface area (Å²) in [5.74, 6) is -0.926. The van der Waals surface area contributed by atoms with Crippen molar-refractivity contribution >= 4 is 33.4 Å². The third kappa shape index (κ3) is 7.01. The lowest BCUT2D eigenvalue weighted by Gasteiger charge is -2.36. The first-order valence-electron chi connectivity index (χ1n) is 12.2. The Morgan fingerprint density at radius 3 is 2.49 bits per heavy atom. The number of alkyl halides is 2. The van der Waals surface area contributed by atoms with Crippen molar-refractivity contribution in [2.24, 2.45) is 0 Å². The number of carbonyl (C=O) groups is 1. The van der Waals surface area contributed by atoms with Crippen molar-refractivity contribution in [2.75, 3.05) is 17.4 Å². The molecule has 3 heterocycles. The predicted octanol–water partition coefficient (Wildman–Crippen LogP) is 5.46. The lowest BCUT2D eigenvalue weighted by atomic mass is 10.1. The molecule has 0 bridgehead atoms. The van der Waals surface area contributed by atoms with E-state index in [0.717, 1.165) is 0 Å². The van der Waals surface area contributed by atoms with E-state index in [0.29, 0.717) is 22.0 Å². The van der Waals surface area contributed by atoms with Crippen LogP contribution in [-0.2, 0) is 21.3 Å². The van der Waals surface area contributed by atoms with Crippen LogP contribution in [0.2, 0.25) is 5.02 Å². The van der Waals surface area contributed by atoms with Crippen molar-refractivity contribution in [3.63, 3.8) is 0 Å². The Labute approximate surface area is 230 Å². The fourth-order valence-electron chi connectivity index (χ4n) is 4.03. The van der Waals surface area contributed by atoms with Gasteiger partial charge in [0.2, 0.25) is 15.9 Å². The second kappa shape index (κ2) is 11.4. The van der Waals surface area contributed by atoms with Crippen LogP contribution in [-0.4, -0.2) is 58.5 Å². The van der Waals surface area contributed by atoms with Crippen molar-refractivity contribution in [2.45, 2.75) is 57.4 Å². The normalized spacial score (nSPS) is 15.0. The number of anilines is 1. The number of benzene rings is 1. The third-order valence-electron chi connectivity index (χ3n) is 5.92. The zero-order chi connectivity index (χ0) is 28.4. The molecule has 1 fully saturated rings. The minimum Gasteiger partial charge on any atom is -0.444 e. The molecule has 14 heteroatoms. The van der Waals surface area contributed by atoms with E-state index >= 15 is 0 Å². The zero-order valence-corrected chi connectivity index (χ0v) is 23.1. The maximum Gasteiger partial charge on any atom is 0.410 e. The van der Waals surface area contributed by atoms with Gasteiger partial charge in [-0.15, -0.1) is 10.2 Å². The monoisotopic (exact) mass is 583 g/mol. The molecule has 0 spiro atoms. The Morgan fingerprint density at radius 2 is 1.92 bits per heavy atom. The summed E-state index contributed by atoms with van der Waals surface area (Å²) < 4.78 is 64.9. The van der Waals surface area contributed by atoms with Gasteiger partial charge in [-0.1, -0.05) is 17.7 Å². The summed E-state index contributed by atoms with van der Waals surface area (Å²) in [6.45, 7) is 5.68. The molecule has 1 aliphatic heterocycles. The Morgan fingerprint density at radius 1 is 1.21 bits per heavy atom. The molecule has 0 atom stereocenters. The molecule has 1 aliphatic rings. The van der Waals surface area contributed by atoms with Crippen LogP contribution in [0, 0.1) is 0 Å². The smallest absolute Gasteiger partial charge is 0.410 e. The van der Waals surface area contributed by atoms with E-state index in [2.05, 4.69) is 15.2 Å². The van der Waals surface area contributed by atoms with Gasteiger partial charge < -0.3 is 14.1 Å². The van der Waals surface area contributed by atoms with E-state index in [1.165, 1.54) is 21.5 Å². The van der Waals surface area contributed by atoms with Crippen LogP contribution in [0.15, 0.2) is 47.0 Å². The van der Waals surface area contributed by atoms with Crippen LogP contribution in [0.5, 0.6) is 0 Å². The van der Waals surface area contributed by atoms with Gasteiger partial charge in [-0.05, 0) is 63.9 Å². The van der Waals surface area contributed by atoms with E-state index in [-0.39, 0.29) is 38.4 Å². The number of rotatable bonds is 7. The average molecular weight is 584 g/mol. The third-order valence-corrected chi connectivity index (χ3v) is 8.43. The molecule has 1 aromatic carbocycles. The number of halogens is 3. The van der Waals surface area contributed by atoms with Crippen LogP contribution in [0.4, 0.5) is 19.3 Å². The molecular formula is C25H28ClF2N5O5S. The first kappa shape index (κ1) is 28.7. The summed E-state index contributed by atoms with van der Waals surface area (Å²) in [7, 11) is -3.91. The molecule has 210 valence electrons. The molecule has 1 amide bonds. The molecule has 1 saturated heterocycles. The molecule has 10 nitrogen and oxygen atoms in total. The molecule has 4 rings (SSSR count). The number of aromatic nitrogens is 3. The first-order valence-corrected chi connectivity index (χ1v) is 14.0. The predicted molar refractivity (Wildman–Crippen MR) is 140 cm³/mol. The maximum absolute atomic E-state index is 13.9. The highest BCUT2D eigenvalue weighted by Gasteiger charge is 2.37. The fourth-order valence-corrected chi connectivity index (χ4v) is 6.10. The van der Waals surface area contributed by atoms with Crippen LogP contribution in [0.1, 0.15) is 51.6 Å². The van der Waals surface area contributed by atoms with Crippen LogP contribution >= 0.6 is 11.6 Å². The Kier molecular flexibility index (Phi) is 8.40. The van der Waals surface area contributed by atoms with Crippen molar-refractivity contribution in [3.8, 4) is 11.5 Å². The number of sulfonamides is 1. The van der Waals surface area contributed by atoms with Crippen LogP contribution < -0.4 is 4.31 Å². The Balaban J connectivity index is 1.54. The number of ether oxygens (including phenoxy) is 1. The van der Waals surface area contributed by atoms with Crippen molar-refractivity contribution in [1.29, 1.82) is 0 Å². The summed E-state index contributed by atoms with van der Waals surface area (Å²) >= 11 is 6.18. The lowest BCUT2D eigenvalue weighted by molar-refractivity contribution is 0.0217. The Hall–Kier alpha value is -3.32. The van der Waals surface area contributed by atoms with Gasteiger partial charge in [0.25, 0.3) is 5.89 Å². The van der Waals surface area contributed by atoms with Crippen LogP contribution in [0.3, 0.4) is 0 Å². The number of carbonyl (C=O) groups excluding carboxylic acids is 1. The highest BCUT2D eigenvalue weighted by molar-refractivity contribution is 7.93. The van der Waals surface area contributed by atoms with E-state index in [1.54, 1.807) is 51.1 Å². The van der Waals surface area contributed by atoms with Gasteiger partial charge in [0.1, 0.15) is 5.60 Å². The number of likely N-dealkylation sites (tertiary alicyclic amines) is 1. The standard InChI is InChI=1S/C25H28ClF2N5O5S/c1-25(2,3)38-24(34)32-11-9-20(10-12-32)39(35,36)33(19-6-4-5-17(26)13-19)15-18-8-7-16(14-29-18)22-30-31-23(37-22)21(27)28/h4-8,13-14,20-21H,9-12,15H2,1-3H3. The summed E-state index contributed by atoms with van der Waals surface area (Å²) in [4.78, 5) is 18.3. The number of amides is 1. The number of nitrogens with zero attached hydrogens (tertiary/aromatic N) is 5.